The van der Waals surface area contributed by atoms with Crippen molar-refractivity contribution >= 4 is 17.3 Å². The summed E-state index contributed by atoms with van der Waals surface area (Å²) >= 11 is 0. The molecule has 7 heteroatoms. The van der Waals surface area contributed by atoms with Crippen molar-refractivity contribution in [1.29, 1.82) is 0 Å². The zero-order valence-corrected chi connectivity index (χ0v) is 9.49. The second kappa shape index (κ2) is 4.68. The van der Waals surface area contributed by atoms with Crippen LogP contribution < -0.4 is 11.1 Å². The molecule has 1 aromatic heterocycles. The number of alkyl halides is 3. The van der Waals surface area contributed by atoms with E-state index < -0.39 is 23.3 Å². The van der Waals surface area contributed by atoms with E-state index in [1.165, 1.54) is 24.5 Å². The Bertz CT molecular complexity index is 592. The Hall–Kier alpha value is -2.44. The smallest absolute Gasteiger partial charge is 0.418 e. The number of nitrogens with two attached hydrogens (primary N) is 1. The SMILES string of the molecule is Nc1ccc(NC(=O)c2ccco2)cc1C(F)(F)F. The third kappa shape index (κ3) is 2.87. The molecule has 0 aliphatic heterocycles. The molecule has 0 saturated carbocycles. The van der Waals surface area contributed by atoms with E-state index in [0.717, 1.165) is 12.1 Å². The Morgan fingerprint density at radius 2 is 2.00 bits per heavy atom. The largest absolute Gasteiger partial charge is 0.459 e. The van der Waals surface area contributed by atoms with Crippen LogP contribution in [0.1, 0.15) is 16.1 Å². The van der Waals surface area contributed by atoms with Gasteiger partial charge in [-0.25, -0.2) is 0 Å². The number of benzene rings is 1. The molecule has 1 amide bonds. The molecule has 0 radical (unpaired) electrons. The monoisotopic (exact) mass is 270 g/mol. The van der Waals surface area contributed by atoms with Gasteiger partial charge in [-0.3, -0.25) is 4.79 Å². The Balaban J connectivity index is 2.25. The molecule has 0 aliphatic rings. The number of nitrogen functional groups attached to an aromatic ring is 1. The lowest BCUT2D eigenvalue weighted by Gasteiger charge is -2.12. The minimum absolute atomic E-state index is 0.00498. The van der Waals surface area contributed by atoms with E-state index in [4.69, 9.17) is 10.2 Å². The summed E-state index contributed by atoms with van der Waals surface area (Å²) in [5.74, 6) is -0.631. The van der Waals surface area contributed by atoms with Crippen molar-refractivity contribution in [2.45, 2.75) is 6.18 Å². The number of amides is 1. The number of rotatable bonds is 2. The topological polar surface area (TPSA) is 68.3 Å². The molecule has 0 saturated heterocycles. The number of halogens is 3. The van der Waals surface area contributed by atoms with Crippen LogP contribution in [0.15, 0.2) is 41.0 Å². The molecule has 0 fully saturated rings. The lowest BCUT2D eigenvalue weighted by atomic mass is 10.1. The minimum Gasteiger partial charge on any atom is -0.459 e. The van der Waals surface area contributed by atoms with Gasteiger partial charge in [0.1, 0.15) is 0 Å². The summed E-state index contributed by atoms with van der Waals surface area (Å²) < 4.78 is 42.7. The average molecular weight is 270 g/mol. The first-order valence-corrected chi connectivity index (χ1v) is 5.19. The van der Waals surface area contributed by atoms with Crippen LogP contribution >= 0.6 is 0 Å². The molecule has 0 bridgehead atoms. The van der Waals surface area contributed by atoms with Gasteiger partial charge in [-0.05, 0) is 30.3 Å². The van der Waals surface area contributed by atoms with E-state index in [9.17, 15) is 18.0 Å². The summed E-state index contributed by atoms with van der Waals surface area (Å²) in [7, 11) is 0. The predicted molar refractivity (Wildman–Crippen MR) is 62.5 cm³/mol. The average Bonchev–Trinajstić information content (AvgIpc) is 2.83. The fourth-order valence-electron chi connectivity index (χ4n) is 1.48. The second-order valence-electron chi connectivity index (χ2n) is 3.73. The summed E-state index contributed by atoms with van der Waals surface area (Å²) in [6.07, 6.45) is -3.28. The van der Waals surface area contributed by atoms with Gasteiger partial charge >= 0.3 is 6.18 Å². The molecule has 1 heterocycles. The van der Waals surface area contributed by atoms with Gasteiger partial charge < -0.3 is 15.5 Å². The highest BCUT2D eigenvalue weighted by Gasteiger charge is 2.33. The van der Waals surface area contributed by atoms with Crippen LogP contribution in [-0.4, -0.2) is 5.91 Å². The van der Waals surface area contributed by atoms with Crippen molar-refractivity contribution in [1.82, 2.24) is 0 Å². The number of furan rings is 1. The highest BCUT2D eigenvalue weighted by Crippen LogP contribution is 2.35. The summed E-state index contributed by atoms with van der Waals surface area (Å²) in [6.45, 7) is 0. The lowest BCUT2D eigenvalue weighted by Crippen LogP contribution is -2.13. The van der Waals surface area contributed by atoms with Crippen LogP contribution in [0, 0.1) is 0 Å². The molecular weight excluding hydrogens is 261 g/mol. The van der Waals surface area contributed by atoms with Crippen LogP contribution in [0.3, 0.4) is 0 Å². The standard InChI is InChI=1S/C12H9F3N2O2/c13-12(14,15)8-6-7(3-4-9(8)16)17-11(18)10-2-1-5-19-10/h1-6H,16H2,(H,17,18). The molecule has 0 aliphatic carbocycles. The van der Waals surface area contributed by atoms with Gasteiger partial charge in [0.25, 0.3) is 5.91 Å². The number of anilines is 2. The number of hydrogen-bond donors (Lipinski definition) is 2. The highest BCUT2D eigenvalue weighted by molar-refractivity contribution is 6.02. The maximum atomic E-state index is 12.6. The van der Waals surface area contributed by atoms with Gasteiger partial charge in [0.15, 0.2) is 5.76 Å². The third-order valence-corrected chi connectivity index (χ3v) is 2.36. The van der Waals surface area contributed by atoms with Crippen molar-refractivity contribution in [3.63, 3.8) is 0 Å². The number of carbonyl (C=O) groups is 1. The quantitative estimate of drug-likeness (QED) is 0.824. The zero-order chi connectivity index (χ0) is 14.0. The number of nitrogens with one attached hydrogen (secondary N) is 1. The Morgan fingerprint density at radius 1 is 1.26 bits per heavy atom. The van der Waals surface area contributed by atoms with Gasteiger partial charge in [-0.2, -0.15) is 13.2 Å². The van der Waals surface area contributed by atoms with Gasteiger partial charge in [0.2, 0.25) is 0 Å². The highest BCUT2D eigenvalue weighted by atomic mass is 19.4. The Morgan fingerprint density at radius 3 is 2.58 bits per heavy atom. The summed E-state index contributed by atoms with van der Waals surface area (Å²) in [5, 5.41) is 2.30. The molecule has 19 heavy (non-hydrogen) atoms. The first kappa shape index (κ1) is 13.0. The van der Waals surface area contributed by atoms with E-state index in [0.29, 0.717) is 0 Å². The number of hydrogen-bond acceptors (Lipinski definition) is 3. The summed E-state index contributed by atoms with van der Waals surface area (Å²) in [6, 6.07) is 6.04. The van der Waals surface area contributed by atoms with Gasteiger partial charge in [0, 0.05) is 11.4 Å². The Labute approximate surface area is 106 Å². The third-order valence-electron chi connectivity index (χ3n) is 2.36. The molecule has 100 valence electrons. The first-order valence-electron chi connectivity index (χ1n) is 5.19. The van der Waals surface area contributed by atoms with Gasteiger partial charge in [-0.1, -0.05) is 0 Å². The van der Waals surface area contributed by atoms with Crippen LogP contribution in [0.5, 0.6) is 0 Å². The van der Waals surface area contributed by atoms with Crippen molar-refractivity contribution in [2.24, 2.45) is 0 Å². The van der Waals surface area contributed by atoms with Gasteiger partial charge in [0.05, 0.1) is 11.8 Å². The van der Waals surface area contributed by atoms with Crippen LogP contribution in [0.4, 0.5) is 24.5 Å². The summed E-state index contributed by atoms with van der Waals surface area (Å²) in [5.41, 5.74) is 3.84. The molecule has 4 nitrogen and oxygen atoms in total. The first-order chi connectivity index (χ1) is 8.88. The van der Waals surface area contributed by atoms with E-state index in [2.05, 4.69) is 5.32 Å². The van der Waals surface area contributed by atoms with Crippen molar-refractivity contribution < 1.29 is 22.4 Å². The van der Waals surface area contributed by atoms with Crippen molar-refractivity contribution in [3.05, 3.63) is 47.9 Å². The van der Waals surface area contributed by atoms with Crippen LogP contribution in [0.25, 0.3) is 0 Å². The predicted octanol–water partition coefficient (Wildman–Crippen LogP) is 3.13. The molecule has 0 unspecified atom stereocenters. The maximum Gasteiger partial charge on any atom is 0.418 e. The molecule has 2 aromatic rings. The van der Waals surface area contributed by atoms with Crippen molar-refractivity contribution in [2.75, 3.05) is 11.1 Å². The molecule has 2 rings (SSSR count). The van der Waals surface area contributed by atoms with Crippen LogP contribution in [0.2, 0.25) is 0 Å². The lowest BCUT2D eigenvalue weighted by molar-refractivity contribution is -0.136. The second-order valence-corrected chi connectivity index (χ2v) is 3.73. The molecule has 3 N–H and O–H groups in total. The maximum absolute atomic E-state index is 12.6. The fraction of sp³-hybridized carbons (Fsp3) is 0.0833. The van der Waals surface area contributed by atoms with E-state index >= 15 is 0 Å². The Kier molecular flexibility index (Phi) is 3.20. The molecule has 0 atom stereocenters. The normalized spacial score (nSPS) is 11.3. The zero-order valence-electron chi connectivity index (χ0n) is 9.49. The number of carbonyl (C=O) groups excluding carboxylic acids is 1. The van der Waals surface area contributed by atoms with Gasteiger partial charge in [-0.15, -0.1) is 0 Å². The van der Waals surface area contributed by atoms with E-state index in [1.54, 1.807) is 0 Å². The fourth-order valence-corrected chi connectivity index (χ4v) is 1.48. The minimum atomic E-state index is -4.57. The van der Waals surface area contributed by atoms with E-state index in [-0.39, 0.29) is 11.4 Å². The molecular formula is C12H9F3N2O2. The van der Waals surface area contributed by atoms with Crippen molar-refractivity contribution in [3.8, 4) is 0 Å². The van der Waals surface area contributed by atoms with E-state index in [1.807, 2.05) is 0 Å². The summed E-state index contributed by atoms with van der Waals surface area (Å²) in [4.78, 5) is 11.6. The molecule has 1 aromatic carbocycles. The van der Waals surface area contributed by atoms with Crippen LogP contribution in [-0.2, 0) is 6.18 Å². The molecule has 0 spiro atoms.